The number of hydrogen-bond acceptors (Lipinski definition) is 5. The first kappa shape index (κ1) is 18.8. The van der Waals surface area contributed by atoms with Gasteiger partial charge in [-0.3, -0.25) is 20.2 Å². The van der Waals surface area contributed by atoms with Crippen LogP contribution in [0.5, 0.6) is 0 Å². The van der Waals surface area contributed by atoms with Crippen molar-refractivity contribution in [2.24, 2.45) is 4.40 Å². The number of carbonyl (C=O) groups is 1. The number of amidine groups is 1. The number of sulfonamides is 1. The maximum absolute atomic E-state index is 12.7. The SMILES string of the molecule is O=C(NN(CCc1ccncc1)C1=NS(=O)(=O)c2ccccc21)c1ccccc1. The Labute approximate surface area is 168 Å². The van der Waals surface area contributed by atoms with Crippen LogP contribution >= 0.6 is 0 Å². The Morgan fingerprint density at radius 1 is 0.931 bits per heavy atom. The van der Waals surface area contributed by atoms with E-state index in [1.165, 1.54) is 11.1 Å². The molecule has 0 radical (unpaired) electrons. The van der Waals surface area contributed by atoms with Crippen molar-refractivity contribution in [1.29, 1.82) is 0 Å². The number of nitrogens with zero attached hydrogens (tertiary/aromatic N) is 3. The van der Waals surface area contributed by atoms with Gasteiger partial charge >= 0.3 is 0 Å². The van der Waals surface area contributed by atoms with Crippen LogP contribution in [0.15, 0.2) is 88.4 Å². The molecule has 1 amide bonds. The molecule has 0 atom stereocenters. The van der Waals surface area contributed by atoms with Crippen LogP contribution in [0.25, 0.3) is 0 Å². The lowest BCUT2D eigenvalue weighted by atomic mass is 10.1. The summed E-state index contributed by atoms with van der Waals surface area (Å²) in [5.41, 5.74) is 4.75. The second-order valence-electron chi connectivity index (χ2n) is 6.45. The second-order valence-corrected chi connectivity index (χ2v) is 8.02. The molecule has 1 N–H and O–H groups in total. The first-order valence-electron chi connectivity index (χ1n) is 9.01. The molecule has 0 saturated carbocycles. The fourth-order valence-corrected chi connectivity index (χ4v) is 4.28. The molecule has 1 aliphatic rings. The zero-order chi connectivity index (χ0) is 20.3. The number of aromatic nitrogens is 1. The highest BCUT2D eigenvalue weighted by molar-refractivity contribution is 7.90. The Balaban J connectivity index is 1.66. The standard InChI is InChI=1S/C21H18N4O3S/c26-21(17-6-2-1-3-7-17)23-25(15-12-16-10-13-22-14-11-16)20-18-8-4-5-9-19(18)29(27,28)24-20/h1-11,13-14H,12,15H2,(H,23,26). The lowest BCUT2D eigenvalue weighted by Crippen LogP contribution is -2.47. The number of amides is 1. The molecular formula is C21H18N4O3S. The Hall–Kier alpha value is -3.52. The molecule has 3 aromatic rings. The molecular weight excluding hydrogens is 388 g/mol. The Morgan fingerprint density at radius 2 is 1.62 bits per heavy atom. The Bertz CT molecular complexity index is 1160. The summed E-state index contributed by atoms with van der Waals surface area (Å²) in [7, 11) is -3.80. The van der Waals surface area contributed by atoms with E-state index in [-0.39, 0.29) is 16.6 Å². The van der Waals surface area contributed by atoms with Gasteiger partial charge in [0.15, 0.2) is 5.84 Å². The fraction of sp³-hybridized carbons (Fsp3) is 0.0952. The summed E-state index contributed by atoms with van der Waals surface area (Å²) in [5.74, 6) is -0.135. The van der Waals surface area contributed by atoms with Crippen LogP contribution in [0, 0.1) is 0 Å². The van der Waals surface area contributed by atoms with Crippen molar-refractivity contribution in [3.63, 3.8) is 0 Å². The van der Waals surface area contributed by atoms with Crippen LogP contribution in [0.3, 0.4) is 0 Å². The average molecular weight is 406 g/mol. The summed E-state index contributed by atoms with van der Waals surface area (Å²) in [5, 5.41) is 1.50. The zero-order valence-corrected chi connectivity index (χ0v) is 16.2. The Kier molecular flexibility index (Phi) is 5.09. The van der Waals surface area contributed by atoms with E-state index in [0.29, 0.717) is 24.1 Å². The van der Waals surface area contributed by atoms with E-state index in [4.69, 9.17) is 0 Å². The molecule has 2 heterocycles. The van der Waals surface area contributed by atoms with Crippen LogP contribution in [0.4, 0.5) is 0 Å². The van der Waals surface area contributed by atoms with E-state index in [9.17, 15) is 13.2 Å². The number of fused-ring (bicyclic) bond motifs is 1. The van der Waals surface area contributed by atoms with E-state index in [2.05, 4.69) is 14.8 Å². The number of benzene rings is 2. The van der Waals surface area contributed by atoms with Crippen molar-refractivity contribution in [3.05, 3.63) is 95.8 Å². The van der Waals surface area contributed by atoms with Crippen LogP contribution in [0.1, 0.15) is 21.5 Å². The molecule has 0 spiro atoms. The molecule has 4 rings (SSSR count). The van der Waals surface area contributed by atoms with Crippen molar-refractivity contribution in [2.45, 2.75) is 11.3 Å². The van der Waals surface area contributed by atoms with Gasteiger partial charge < -0.3 is 0 Å². The minimum Gasteiger partial charge on any atom is -0.267 e. The maximum Gasteiger partial charge on any atom is 0.285 e. The third kappa shape index (κ3) is 4.02. The van der Waals surface area contributed by atoms with E-state index in [0.717, 1.165) is 5.56 Å². The van der Waals surface area contributed by atoms with Crippen molar-refractivity contribution >= 4 is 21.8 Å². The van der Waals surface area contributed by atoms with Crippen LogP contribution in [0.2, 0.25) is 0 Å². The van der Waals surface area contributed by atoms with Crippen LogP contribution in [-0.4, -0.2) is 36.7 Å². The normalized spacial score (nSPS) is 14.0. The summed E-state index contributed by atoms with van der Waals surface area (Å²) < 4.78 is 28.9. The molecule has 0 bridgehead atoms. The topological polar surface area (TPSA) is 91.7 Å². The molecule has 0 saturated heterocycles. The summed E-state index contributed by atoms with van der Waals surface area (Å²) in [4.78, 5) is 16.9. The second kappa shape index (κ2) is 7.84. The molecule has 146 valence electrons. The molecule has 0 aliphatic carbocycles. The molecule has 1 aliphatic heterocycles. The lowest BCUT2D eigenvalue weighted by Gasteiger charge is -2.25. The largest absolute Gasteiger partial charge is 0.285 e. The summed E-state index contributed by atoms with van der Waals surface area (Å²) in [6.07, 6.45) is 3.95. The van der Waals surface area contributed by atoms with Crippen molar-refractivity contribution < 1.29 is 13.2 Å². The number of rotatable bonds is 4. The van der Waals surface area contributed by atoms with Crippen LogP contribution < -0.4 is 5.43 Å². The average Bonchev–Trinajstić information content (AvgIpc) is 3.03. The van der Waals surface area contributed by atoms with Gasteiger partial charge in [-0.2, -0.15) is 8.42 Å². The van der Waals surface area contributed by atoms with Crippen molar-refractivity contribution in [3.8, 4) is 0 Å². The van der Waals surface area contributed by atoms with Gasteiger partial charge in [0.25, 0.3) is 15.9 Å². The predicted molar refractivity (Wildman–Crippen MR) is 109 cm³/mol. The number of hydrazine groups is 1. The monoisotopic (exact) mass is 406 g/mol. The van der Waals surface area contributed by atoms with Crippen LogP contribution in [-0.2, 0) is 16.4 Å². The number of carbonyl (C=O) groups excluding carboxylic acids is 1. The highest BCUT2D eigenvalue weighted by Crippen LogP contribution is 2.27. The first-order chi connectivity index (χ1) is 14.0. The number of nitrogens with one attached hydrogen (secondary N) is 1. The summed E-state index contributed by atoms with van der Waals surface area (Å²) in [6.45, 7) is 0.339. The maximum atomic E-state index is 12.7. The Morgan fingerprint density at radius 3 is 2.38 bits per heavy atom. The molecule has 29 heavy (non-hydrogen) atoms. The van der Waals surface area contributed by atoms with Gasteiger partial charge in [0.2, 0.25) is 0 Å². The predicted octanol–water partition coefficient (Wildman–Crippen LogP) is 2.42. The van der Waals surface area contributed by atoms with E-state index in [1.54, 1.807) is 54.9 Å². The minimum atomic E-state index is -3.80. The van der Waals surface area contributed by atoms with Gasteiger partial charge in [0.1, 0.15) is 4.90 Å². The lowest BCUT2D eigenvalue weighted by molar-refractivity contribution is 0.0871. The number of hydrogen-bond donors (Lipinski definition) is 1. The third-order valence-electron chi connectivity index (χ3n) is 4.51. The number of pyridine rings is 1. The smallest absolute Gasteiger partial charge is 0.267 e. The summed E-state index contributed by atoms with van der Waals surface area (Å²) in [6, 6.07) is 19.1. The minimum absolute atomic E-state index is 0.137. The van der Waals surface area contributed by atoms with Gasteiger partial charge in [-0.1, -0.05) is 30.3 Å². The van der Waals surface area contributed by atoms with Gasteiger partial charge in [0.05, 0.1) is 0 Å². The fourth-order valence-electron chi connectivity index (χ4n) is 3.06. The molecule has 8 heteroatoms. The highest BCUT2D eigenvalue weighted by atomic mass is 32.2. The first-order valence-corrected chi connectivity index (χ1v) is 10.5. The van der Waals surface area contributed by atoms with Gasteiger partial charge in [0, 0.05) is 30.1 Å². The highest BCUT2D eigenvalue weighted by Gasteiger charge is 2.32. The van der Waals surface area contributed by atoms with Crippen molar-refractivity contribution in [1.82, 2.24) is 15.4 Å². The van der Waals surface area contributed by atoms with Gasteiger partial charge in [-0.15, -0.1) is 4.40 Å². The third-order valence-corrected chi connectivity index (χ3v) is 5.84. The van der Waals surface area contributed by atoms with E-state index >= 15 is 0 Å². The van der Waals surface area contributed by atoms with E-state index < -0.39 is 10.0 Å². The molecule has 0 fully saturated rings. The van der Waals surface area contributed by atoms with E-state index in [1.807, 2.05) is 18.2 Å². The quantitative estimate of drug-likeness (QED) is 0.672. The van der Waals surface area contributed by atoms with Gasteiger partial charge in [-0.05, 0) is 48.4 Å². The molecule has 1 aromatic heterocycles. The zero-order valence-electron chi connectivity index (χ0n) is 15.4. The van der Waals surface area contributed by atoms with Gasteiger partial charge in [-0.25, -0.2) is 0 Å². The van der Waals surface area contributed by atoms with Crippen molar-refractivity contribution in [2.75, 3.05) is 6.54 Å². The molecule has 0 unspecified atom stereocenters. The molecule has 2 aromatic carbocycles. The summed E-state index contributed by atoms with van der Waals surface area (Å²) >= 11 is 0. The molecule has 7 nitrogen and oxygen atoms in total.